The fourth-order valence-electron chi connectivity index (χ4n) is 1.22. The van der Waals surface area contributed by atoms with Gasteiger partial charge < -0.3 is 4.90 Å². The van der Waals surface area contributed by atoms with Crippen molar-refractivity contribution in [3.8, 4) is 0 Å². The first kappa shape index (κ1) is 11.2. The zero-order valence-corrected chi connectivity index (χ0v) is 8.91. The molecule has 0 aliphatic heterocycles. The average molecular weight is 178 g/mol. The van der Waals surface area contributed by atoms with Crippen molar-refractivity contribution in [1.29, 1.82) is 0 Å². The molecule has 0 aromatic rings. The maximum absolute atomic E-state index is 5.59. The van der Waals surface area contributed by atoms with Gasteiger partial charge in [-0.15, -0.1) is 11.6 Å². The Balaban J connectivity index is 3.44. The van der Waals surface area contributed by atoms with Crippen molar-refractivity contribution >= 4 is 11.6 Å². The van der Waals surface area contributed by atoms with Crippen molar-refractivity contribution in [2.24, 2.45) is 5.41 Å². The molecular formula is C9H20ClN. The first-order chi connectivity index (χ1) is 4.95. The van der Waals surface area contributed by atoms with Crippen LogP contribution in [0.25, 0.3) is 0 Å². The van der Waals surface area contributed by atoms with Gasteiger partial charge in [-0.1, -0.05) is 20.8 Å². The van der Waals surface area contributed by atoms with E-state index in [-0.39, 0.29) is 0 Å². The normalized spacial score (nSPS) is 12.5. The average Bonchev–Trinajstić information content (AvgIpc) is 1.79. The number of halogens is 1. The van der Waals surface area contributed by atoms with Gasteiger partial charge in [0.15, 0.2) is 0 Å². The minimum Gasteiger partial charge on any atom is -0.306 e. The van der Waals surface area contributed by atoms with E-state index in [9.17, 15) is 0 Å². The third kappa shape index (κ3) is 8.15. The van der Waals surface area contributed by atoms with Gasteiger partial charge in [-0.25, -0.2) is 0 Å². The highest BCUT2D eigenvalue weighted by Gasteiger charge is 2.12. The van der Waals surface area contributed by atoms with E-state index < -0.39 is 0 Å². The standard InChI is InChI=1S/C9H20ClN/c1-9(2,3)8-11(4)7-5-6-10/h5-8H2,1-4H3. The molecule has 0 aliphatic rings. The summed E-state index contributed by atoms with van der Waals surface area (Å²) in [4.78, 5) is 2.34. The van der Waals surface area contributed by atoms with Gasteiger partial charge in [0.1, 0.15) is 0 Å². The van der Waals surface area contributed by atoms with Gasteiger partial charge in [0.2, 0.25) is 0 Å². The Morgan fingerprint density at radius 2 is 1.82 bits per heavy atom. The van der Waals surface area contributed by atoms with Gasteiger partial charge in [-0.3, -0.25) is 0 Å². The predicted molar refractivity (Wildman–Crippen MR) is 52.3 cm³/mol. The van der Waals surface area contributed by atoms with Crippen LogP contribution in [-0.4, -0.2) is 30.9 Å². The molecular weight excluding hydrogens is 158 g/mol. The molecule has 0 amide bonds. The van der Waals surface area contributed by atoms with Crippen molar-refractivity contribution < 1.29 is 0 Å². The highest BCUT2D eigenvalue weighted by atomic mass is 35.5. The lowest BCUT2D eigenvalue weighted by atomic mass is 9.96. The SMILES string of the molecule is CN(CCCCl)CC(C)(C)C. The molecule has 0 fully saturated rings. The summed E-state index contributed by atoms with van der Waals surface area (Å²) in [5, 5.41) is 0. The molecule has 0 aromatic carbocycles. The second-order valence-electron chi connectivity index (χ2n) is 4.34. The molecule has 0 saturated heterocycles. The lowest BCUT2D eigenvalue weighted by Crippen LogP contribution is -2.30. The predicted octanol–water partition coefficient (Wildman–Crippen LogP) is 2.59. The van der Waals surface area contributed by atoms with E-state index in [4.69, 9.17) is 11.6 Å². The summed E-state index contributed by atoms with van der Waals surface area (Å²) in [6.07, 6.45) is 1.09. The first-order valence-electron chi connectivity index (χ1n) is 4.20. The molecule has 68 valence electrons. The van der Waals surface area contributed by atoms with Crippen LogP contribution in [0.1, 0.15) is 27.2 Å². The van der Waals surface area contributed by atoms with Crippen molar-refractivity contribution in [2.75, 3.05) is 26.0 Å². The molecule has 0 atom stereocenters. The Morgan fingerprint density at radius 1 is 1.27 bits per heavy atom. The Morgan fingerprint density at radius 3 is 2.18 bits per heavy atom. The zero-order chi connectivity index (χ0) is 8.91. The van der Waals surface area contributed by atoms with Crippen LogP contribution in [0.3, 0.4) is 0 Å². The second kappa shape index (κ2) is 5.00. The minimum absolute atomic E-state index is 0.404. The van der Waals surface area contributed by atoms with Crippen LogP contribution in [0.15, 0.2) is 0 Å². The molecule has 0 saturated carbocycles. The molecule has 2 heteroatoms. The topological polar surface area (TPSA) is 3.24 Å². The van der Waals surface area contributed by atoms with E-state index in [2.05, 4.69) is 32.7 Å². The van der Waals surface area contributed by atoms with Gasteiger partial charge >= 0.3 is 0 Å². The summed E-state index contributed by atoms with van der Waals surface area (Å²) in [6.45, 7) is 9.02. The second-order valence-corrected chi connectivity index (χ2v) is 4.72. The number of rotatable bonds is 4. The zero-order valence-electron chi connectivity index (χ0n) is 8.15. The van der Waals surface area contributed by atoms with E-state index in [1.807, 2.05) is 0 Å². The van der Waals surface area contributed by atoms with Gasteiger partial charge in [-0.05, 0) is 25.4 Å². The van der Waals surface area contributed by atoms with E-state index >= 15 is 0 Å². The molecule has 11 heavy (non-hydrogen) atoms. The third-order valence-electron chi connectivity index (χ3n) is 1.42. The summed E-state index contributed by atoms with van der Waals surface area (Å²) in [5.74, 6) is 0.772. The Bertz CT molecular complexity index is 96.2. The molecule has 0 radical (unpaired) electrons. The monoisotopic (exact) mass is 177 g/mol. The molecule has 1 nitrogen and oxygen atoms in total. The third-order valence-corrected chi connectivity index (χ3v) is 1.68. The fourth-order valence-corrected chi connectivity index (χ4v) is 1.34. The largest absolute Gasteiger partial charge is 0.306 e. The molecule has 0 aromatic heterocycles. The molecule has 0 aliphatic carbocycles. The van der Waals surface area contributed by atoms with Gasteiger partial charge in [-0.2, -0.15) is 0 Å². The molecule has 0 N–H and O–H groups in total. The smallest absolute Gasteiger partial charge is 0.0235 e. The minimum atomic E-state index is 0.404. The molecule has 0 bridgehead atoms. The molecule has 0 unspecified atom stereocenters. The maximum atomic E-state index is 5.59. The highest BCUT2D eigenvalue weighted by molar-refractivity contribution is 6.17. The Labute approximate surface area is 75.7 Å². The van der Waals surface area contributed by atoms with Gasteiger partial charge in [0, 0.05) is 12.4 Å². The van der Waals surface area contributed by atoms with Crippen LogP contribution in [-0.2, 0) is 0 Å². The van der Waals surface area contributed by atoms with Crippen molar-refractivity contribution in [3.05, 3.63) is 0 Å². The lowest BCUT2D eigenvalue weighted by Gasteiger charge is -2.26. The molecule has 0 spiro atoms. The van der Waals surface area contributed by atoms with Crippen LogP contribution in [0, 0.1) is 5.41 Å². The number of nitrogens with zero attached hydrogens (tertiary/aromatic N) is 1. The molecule has 0 heterocycles. The summed E-state index contributed by atoms with van der Waals surface area (Å²) < 4.78 is 0. The van der Waals surface area contributed by atoms with Crippen LogP contribution in [0.4, 0.5) is 0 Å². The summed E-state index contributed by atoms with van der Waals surface area (Å²) in [6, 6.07) is 0. The van der Waals surface area contributed by atoms with Crippen LogP contribution < -0.4 is 0 Å². The number of alkyl halides is 1. The quantitative estimate of drug-likeness (QED) is 0.597. The van der Waals surface area contributed by atoms with Gasteiger partial charge in [0.25, 0.3) is 0 Å². The van der Waals surface area contributed by atoms with Crippen LogP contribution in [0.2, 0.25) is 0 Å². The van der Waals surface area contributed by atoms with Crippen molar-refractivity contribution in [2.45, 2.75) is 27.2 Å². The summed E-state index contributed by atoms with van der Waals surface area (Å²) >= 11 is 5.59. The van der Waals surface area contributed by atoms with Crippen LogP contribution >= 0.6 is 11.6 Å². The van der Waals surface area contributed by atoms with E-state index in [0.717, 1.165) is 25.4 Å². The maximum Gasteiger partial charge on any atom is 0.0235 e. The first-order valence-corrected chi connectivity index (χ1v) is 4.74. The van der Waals surface area contributed by atoms with E-state index in [0.29, 0.717) is 5.41 Å². The Kier molecular flexibility index (Phi) is 5.11. The van der Waals surface area contributed by atoms with Crippen molar-refractivity contribution in [1.82, 2.24) is 4.90 Å². The van der Waals surface area contributed by atoms with E-state index in [1.54, 1.807) is 0 Å². The number of hydrogen-bond acceptors (Lipinski definition) is 1. The molecule has 0 rings (SSSR count). The fraction of sp³-hybridized carbons (Fsp3) is 1.00. The van der Waals surface area contributed by atoms with Crippen molar-refractivity contribution in [3.63, 3.8) is 0 Å². The highest BCUT2D eigenvalue weighted by Crippen LogP contribution is 2.13. The lowest BCUT2D eigenvalue weighted by molar-refractivity contribution is 0.228. The summed E-state index contributed by atoms with van der Waals surface area (Å²) in [5.41, 5.74) is 0.404. The van der Waals surface area contributed by atoms with Gasteiger partial charge in [0.05, 0.1) is 0 Å². The number of hydrogen-bond donors (Lipinski definition) is 0. The summed E-state index contributed by atoms with van der Waals surface area (Å²) in [7, 11) is 2.15. The van der Waals surface area contributed by atoms with Crippen LogP contribution in [0.5, 0.6) is 0 Å². The Hall–Kier alpha value is 0.250. The van der Waals surface area contributed by atoms with E-state index in [1.165, 1.54) is 0 Å².